The van der Waals surface area contributed by atoms with Crippen molar-refractivity contribution in [1.82, 2.24) is 5.27 Å². The fraction of sp³-hybridized carbons (Fsp3) is 0.714. The number of aromatic amines is 1. The van der Waals surface area contributed by atoms with Crippen LogP contribution in [0.5, 0.6) is 5.88 Å². The minimum Gasteiger partial charge on any atom is -0.438 e. The molecular weight excluding hydrogens is 188 g/mol. The van der Waals surface area contributed by atoms with E-state index in [0.29, 0.717) is 6.61 Å². The van der Waals surface area contributed by atoms with Gasteiger partial charge in [-0.1, -0.05) is 13.1 Å². The van der Waals surface area contributed by atoms with Gasteiger partial charge in [-0.3, -0.25) is 4.52 Å². The van der Waals surface area contributed by atoms with Crippen molar-refractivity contribution in [3.63, 3.8) is 0 Å². The first-order valence-corrected chi connectivity index (χ1v) is 6.89. The fourth-order valence-corrected chi connectivity index (χ4v) is 1.83. The van der Waals surface area contributed by atoms with Gasteiger partial charge in [0.25, 0.3) is 0 Å². The molecule has 0 aromatic carbocycles. The summed E-state index contributed by atoms with van der Waals surface area (Å²) in [6.07, 6.45) is 0.783. The normalized spacial score (nSPS) is 10.8. The first-order chi connectivity index (χ1) is 6.15. The highest BCUT2D eigenvalue weighted by atomic mass is 28.3. The van der Waals surface area contributed by atoms with Crippen LogP contribution >= 0.6 is 0 Å². The van der Waals surface area contributed by atoms with E-state index in [4.69, 9.17) is 4.74 Å². The Hall–Kier alpha value is -1.04. The molecule has 0 aliphatic carbocycles. The van der Waals surface area contributed by atoms with Crippen molar-refractivity contribution in [2.24, 2.45) is 0 Å². The van der Waals surface area contributed by atoms with Gasteiger partial charge in [-0.05, 0) is 16.9 Å². The number of nitrogens with one attached hydrogen (secondary N) is 1. The second-order valence-corrected chi connectivity index (χ2v) is 5.74. The Balaban J connectivity index is 2.87. The van der Waals surface area contributed by atoms with Crippen LogP contribution in [0.4, 0.5) is 0 Å². The summed E-state index contributed by atoms with van der Waals surface area (Å²) in [4.78, 5) is 11.1. The highest BCUT2D eigenvalue weighted by Crippen LogP contribution is 1.93. The zero-order chi connectivity index (χ0) is 9.84. The molecule has 0 fully saturated rings. The van der Waals surface area contributed by atoms with E-state index in [1.165, 1.54) is 0 Å². The third kappa shape index (κ3) is 2.45. The molecule has 0 saturated carbocycles. The van der Waals surface area contributed by atoms with Gasteiger partial charge in [-0.2, -0.15) is 0 Å². The summed E-state index contributed by atoms with van der Waals surface area (Å²) in [5, 5.41) is 2.52. The molecule has 0 aliphatic heterocycles. The van der Waals surface area contributed by atoms with E-state index in [-0.39, 0.29) is 5.88 Å². The Kier molecular flexibility index (Phi) is 3.29. The molecule has 0 spiro atoms. The molecule has 0 aliphatic rings. The smallest absolute Gasteiger partial charge is 0.438 e. The minimum absolute atomic E-state index is 0.272. The second kappa shape index (κ2) is 4.27. The molecule has 1 aromatic heterocycles. The number of ether oxygens (including phenoxy) is 1. The molecule has 5 nitrogen and oxygen atoms in total. The molecule has 6 heteroatoms. The number of hydrogen-bond donors (Lipinski definition) is 1. The van der Waals surface area contributed by atoms with E-state index in [2.05, 4.69) is 22.9 Å². The fourth-order valence-electron chi connectivity index (χ4n) is 0.986. The van der Waals surface area contributed by atoms with Gasteiger partial charge in [0.1, 0.15) is 8.80 Å². The topological polar surface area (TPSA) is 59.1 Å². The molecule has 0 amide bonds. The van der Waals surface area contributed by atoms with Crippen molar-refractivity contribution in [3.8, 4) is 5.88 Å². The van der Waals surface area contributed by atoms with E-state index < -0.39 is 14.4 Å². The molecule has 1 radical (unpaired) electrons. The highest BCUT2D eigenvalue weighted by molar-refractivity contribution is 6.53. The number of aromatic nitrogens is 2. The molecule has 1 aromatic rings. The van der Waals surface area contributed by atoms with Gasteiger partial charge in [0.2, 0.25) is 0 Å². The van der Waals surface area contributed by atoms with Gasteiger partial charge in [0, 0.05) is 0 Å². The Labute approximate surface area is 77.9 Å². The third-order valence-corrected chi connectivity index (χ3v) is 2.37. The molecular formula is C7H14N2O3Si+. The van der Waals surface area contributed by atoms with Gasteiger partial charge in [-0.25, -0.2) is 4.79 Å². The molecule has 73 valence electrons. The summed E-state index contributed by atoms with van der Waals surface area (Å²) in [7, 11) is -0.461. The Morgan fingerprint density at radius 2 is 2.31 bits per heavy atom. The zero-order valence-electron chi connectivity index (χ0n) is 8.09. The van der Waals surface area contributed by atoms with Crippen molar-refractivity contribution < 1.29 is 13.9 Å². The molecule has 0 bridgehead atoms. The van der Waals surface area contributed by atoms with Crippen LogP contribution in [-0.2, 0) is 6.17 Å². The van der Waals surface area contributed by atoms with Crippen LogP contribution < -0.4 is 15.0 Å². The lowest BCUT2D eigenvalue weighted by atomic mass is 10.8. The summed E-state index contributed by atoms with van der Waals surface area (Å²) in [5.74, 6) is 0.272. The monoisotopic (exact) mass is 202 g/mol. The first kappa shape index (κ1) is 10.0. The van der Waals surface area contributed by atoms with Crippen LogP contribution in [0.2, 0.25) is 13.1 Å². The number of H-pyrrole nitrogens is 1. The van der Waals surface area contributed by atoms with E-state index in [1.54, 1.807) is 4.68 Å². The van der Waals surface area contributed by atoms with Crippen molar-refractivity contribution >= 4 is 8.80 Å². The maximum atomic E-state index is 11.1. The van der Waals surface area contributed by atoms with Crippen LogP contribution in [0.25, 0.3) is 0 Å². The van der Waals surface area contributed by atoms with Gasteiger partial charge >= 0.3 is 11.5 Å². The van der Waals surface area contributed by atoms with Crippen molar-refractivity contribution in [3.05, 3.63) is 10.4 Å². The van der Waals surface area contributed by atoms with Crippen LogP contribution in [0.3, 0.4) is 0 Å². The molecule has 13 heavy (non-hydrogen) atoms. The van der Waals surface area contributed by atoms with E-state index in [9.17, 15) is 4.79 Å². The average molecular weight is 202 g/mol. The zero-order valence-corrected chi connectivity index (χ0v) is 9.09. The lowest BCUT2D eigenvalue weighted by molar-refractivity contribution is -0.751. The number of nitrogens with zero attached hydrogens (tertiary/aromatic N) is 1. The van der Waals surface area contributed by atoms with Crippen LogP contribution in [-0.4, -0.2) is 20.7 Å². The van der Waals surface area contributed by atoms with Crippen molar-refractivity contribution in [2.45, 2.75) is 26.2 Å². The number of rotatable bonds is 4. The Morgan fingerprint density at radius 1 is 1.62 bits per heavy atom. The van der Waals surface area contributed by atoms with Gasteiger partial charge in [-0.15, -0.1) is 0 Å². The summed E-state index contributed by atoms with van der Waals surface area (Å²) in [6, 6.07) is 0. The number of hydrogen-bond acceptors (Lipinski definition) is 3. The van der Waals surface area contributed by atoms with Gasteiger partial charge in [0.05, 0.1) is 6.61 Å². The SMILES string of the molecule is CCOc1c(=O)o[nH][n+]1C[Si](C)C. The summed E-state index contributed by atoms with van der Waals surface area (Å²) < 4.78 is 11.4. The van der Waals surface area contributed by atoms with Crippen molar-refractivity contribution in [1.29, 1.82) is 0 Å². The van der Waals surface area contributed by atoms with Crippen LogP contribution in [0.1, 0.15) is 6.92 Å². The Morgan fingerprint density at radius 3 is 2.85 bits per heavy atom. The predicted molar refractivity (Wildman–Crippen MR) is 48.2 cm³/mol. The lowest BCUT2D eigenvalue weighted by Crippen LogP contribution is -2.43. The summed E-state index contributed by atoms with van der Waals surface area (Å²) in [5.41, 5.74) is -0.440. The van der Waals surface area contributed by atoms with Crippen molar-refractivity contribution in [2.75, 3.05) is 6.61 Å². The lowest BCUT2D eigenvalue weighted by Gasteiger charge is -1.95. The molecule has 0 unspecified atom stereocenters. The largest absolute Gasteiger partial charge is 0.484 e. The van der Waals surface area contributed by atoms with E-state index in [1.807, 2.05) is 6.92 Å². The highest BCUT2D eigenvalue weighted by Gasteiger charge is 2.23. The molecule has 1 rings (SSSR count). The van der Waals surface area contributed by atoms with Crippen LogP contribution in [0.15, 0.2) is 9.32 Å². The van der Waals surface area contributed by atoms with Gasteiger partial charge < -0.3 is 4.74 Å². The average Bonchev–Trinajstić information content (AvgIpc) is 2.35. The maximum absolute atomic E-state index is 11.1. The molecule has 0 atom stereocenters. The van der Waals surface area contributed by atoms with Gasteiger partial charge in [0.15, 0.2) is 6.17 Å². The van der Waals surface area contributed by atoms with E-state index in [0.717, 1.165) is 6.17 Å². The quantitative estimate of drug-likeness (QED) is 0.550. The standard InChI is InChI=1S/C7H13N2O3Si/c1-4-11-6-7(10)12-8-9(6)5-13(2)3/h4-5H2,1-3H3/p+1. The Bertz CT molecular complexity index is 318. The van der Waals surface area contributed by atoms with Crippen LogP contribution in [0, 0.1) is 0 Å². The summed E-state index contributed by atoms with van der Waals surface area (Å²) in [6.45, 7) is 6.61. The second-order valence-electron chi connectivity index (χ2n) is 3.01. The third-order valence-electron chi connectivity index (χ3n) is 1.42. The summed E-state index contributed by atoms with van der Waals surface area (Å²) >= 11 is 0. The molecule has 1 heterocycles. The maximum Gasteiger partial charge on any atom is 0.484 e. The first-order valence-electron chi connectivity index (χ1n) is 4.18. The van der Waals surface area contributed by atoms with E-state index >= 15 is 0 Å². The predicted octanol–water partition coefficient (Wildman–Crippen LogP) is -0.0523. The molecule has 0 saturated heterocycles. The minimum atomic E-state index is -0.461. The molecule has 1 N–H and O–H groups in total.